The maximum absolute atomic E-state index is 11.3. The molecule has 1 aromatic carbocycles. The molecule has 0 atom stereocenters. The van der Waals surface area contributed by atoms with Crippen molar-refractivity contribution in [1.82, 2.24) is 0 Å². The van der Waals surface area contributed by atoms with Crippen LogP contribution in [-0.4, -0.2) is 31.5 Å². The zero-order chi connectivity index (χ0) is 12.7. The van der Waals surface area contributed by atoms with Crippen LogP contribution >= 0.6 is 0 Å². The maximum Gasteiger partial charge on any atom is 0.335 e. The summed E-state index contributed by atoms with van der Waals surface area (Å²) in [5.74, 6) is -0.823. The molecule has 0 radical (unpaired) electrons. The number of rotatable bonds is 4. The lowest BCUT2D eigenvalue weighted by Crippen LogP contribution is -2.19. The predicted molar refractivity (Wildman–Crippen MR) is 64.0 cm³/mol. The van der Waals surface area contributed by atoms with Crippen LogP contribution in [0.5, 0.6) is 0 Å². The normalized spacial score (nSPS) is 17.7. The number of hydrogen-bond acceptors (Lipinski definition) is 3. The van der Waals surface area contributed by atoms with E-state index < -0.39 is 15.8 Å². The van der Waals surface area contributed by atoms with E-state index in [-0.39, 0.29) is 16.7 Å². The first-order valence-corrected chi connectivity index (χ1v) is 7.40. The van der Waals surface area contributed by atoms with Crippen LogP contribution < -0.4 is 0 Å². The molecule has 1 saturated carbocycles. The first-order valence-electron chi connectivity index (χ1n) is 5.34. The Morgan fingerprint density at radius 2 is 1.82 bits per heavy atom. The Hall–Kier alpha value is -1.36. The molecule has 1 fully saturated rings. The molecule has 17 heavy (non-hydrogen) atoms. The van der Waals surface area contributed by atoms with Crippen LogP contribution in [0.15, 0.2) is 24.3 Å². The zero-order valence-electron chi connectivity index (χ0n) is 9.51. The number of sulfone groups is 1. The zero-order valence-corrected chi connectivity index (χ0v) is 10.3. The Morgan fingerprint density at radius 3 is 2.18 bits per heavy atom. The van der Waals surface area contributed by atoms with Crippen molar-refractivity contribution in [3.63, 3.8) is 0 Å². The Balaban J connectivity index is 2.26. The summed E-state index contributed by atoms with van der Waals surface area (Å²) < 4.78 is 22.7. The van der Waals surface area contributed by atoms with Crippen molar-refractivity contribution in [3.05, 3.63) is 35.4 Å². The Labute approximate surface area is 100 Å². The van der Waals surface area contributed by atoms with Crippen LogP contribution in [0, 0.1) is 0 Å². The summed E-state index contributed by atoms with van der Waals surface area (Å²) in [5, 5.41) is 8.78. The number of aromatic carboxylic acids is 1. The average Bonchev–Trinajstić information content (AvgIpc) is 2.96. The van der Waals surface area contributed by atoms with Gasteiger partial charge in [-0.15, -0.1) is 0 Å². The second-order valence-corrected chi connectivity index (χ2v) is 6.87. The Kier molecular flexibility index (Phi) is 2.73. The summed E-state index contributed by atoms with van der Waals surface area (Å²) >= 11 is 0. The van der Waals surface area contributed by atoms with Crippen LogP contribution in [0.4, 0.5) is 0 Å². The van der Waals surface area contributed by atoms with E-state index in [1.807, 2.05) is 0 Å². The molecule has 0 saturated heterocycles. The number of hydrogen-bond donors (Lipinski definition) is 1. The van der Waals surface area contributed by atoms with Crippen LogP contribution in [0.3, 0.4) is 0 Å². The van der Waals surface area contributed by atoms with E-state index in [0.29, 0.717) is 0 Å². The molecule has 1 aromatic rings. The molecule has 2 rings (SSSR count). The molecular weight excluding hydrogens is 240 g/mol. The van der Waals surface area contributed by atoms with Crippen molar-refractivity contribution >= 4 is 15.8 Å². The molecule has 0 amide bonds. The summed E-state index contributed by atoms with van der Waals surface area (Å²) in [4.78, 5) is 10.7. The molecule has 5 heteroatoms. The summed E-state index contributed by atoms with van der Waals surface area (Å²) in [6.45, 7) is 0. The molecule has 0 heterocycles. The van der Waals surface area contributed by atoms with E-state index in [2.05, 4.69) is 0 Å². The molecule has 4 nitrogen and oxygen atoms in total. The van der Waals surface area contributed by atoms with Gasteiger partial charge >= 0.3 is 5.97 Å². The van der Waals surface area contributed by atoms with E-state index in [1.54, 1.807) is 12.1 Å². The lowest BCUT2D eigenvalue weighted by molar-refractivity contribution is 0.0697. The van der Waals surface area contributed by atoms with Gasteiger partial charge in [-0.2, -0.15) is 0 Å². The van der Waals surface area contributed by atoms with Gasteiger partial charge in [0.1, 0.15) is 9.84 Å². The largest absolute Gasteiger partial charge is 0.478 e. The molecule has 0 unspecified atom stereocenters. The smallest absolute Gasteiger partial charge is 0.335 e. The van der Waals surface area contributed by atoms with Gasteiger partial charge in [0.25, 0.3) is 0 Å². The van der Waals surface area contributed by atoms with E-state index in [4.69, 9.17) is 5.11 Å². The van der Waals surface area contributed by atoms with Crippen LogP contribution in [0.25, 0.3) is 0 Å². The molecule has 1 N–H and O–H groups in total. The number of carboxylic acids is 1. The third-order valence-electron chi connectivity index (χ3n) is 3.14. The number of benzene rings is 1. The van der Waals surface area contributed by atoms with Gasteiger partial charge in [-0.05, 0) is 30.5 Å². The Bertz CT molecular complexity index is 538. The highest BCUT2D eigenvalue weighted by Gasteiger charge is 2.46. The first kappa shape index (κ1) is 12.1. The lowest BCUT2D eigenvalue weighted by atomic mass is 9.97. The van der Waals surface area contributed by atoms with E-state index in [0.717, 1.165) is 18.4 Å². The van der Waals surface area contributed by atoms with E-state index in [9.17, 15) is 13.2 Å². The molecule has 1 aliphatic carbocycles. The maximum atomic E-state index is 11.3. The summed E-state index contributed by atoms with van der Waals surface area (Å²) in [5.41, 5.74) is 0.877. The highest BCUT2D eigenvalue weighted by Crippen LogP contribution is 2.49. The van der Waals surface area contributed by atoms with Crippen LogP contribution in [-0.2, 0) is 15.3 Å². The fourth-order valence-corrected chi connectivity index (χ4v) is 3.59. The Morgan fingerprint density at radius 1 is 1.29 bits per heavy atom. The third-order valence-corrected chi connectivity index (χ3v) is 4.21. The van der Waals surface area contributed by atoms with Gasteiger partial charge in [0.15, 0.2) is 0 Å². The van der Waals surface area contributed by atoms with Gasteiger partial charge in [0.2, 0.25) is 0 Å². The molecular formula is C12H14O4S. The highest BCUT2D eigenvalue weighted by atomic mass is 32.2. The van der Waals surface area contributed by atoms with Crippen molar-refractivity contribution < 1.29 is 18.3 Å². The fourth-order valence-electron chi connectivity index (χ4n) is 2.14. The highest BCUT2D eigenvalue weighted by molar-refractivity contribution is 7.90. The monoisotopic (exact) mass is 254 g/mol. The van der Waals surface area contributed by atoms with Crippen LogP contribution in [0.1, 0.15) is 28.8 Å². The minimum Gasteiger partial charge on any atom is -0.478 e. The van der Waals surface area contributed by atoms with Crippen molar-refractivity contribution in [2.75, 3.05) is 12.0 Å². The second kappa shape index (κ2) is 3.84. The van der Waals surface area contributed by atoms with Gasteiger partial charge in [-0.3, -0.25) is 0 Å². The van der Waals surface area contributed by atoms with E-state index >= 15 is 0 Å². The number of carbonyl (C=O) groups is 1. The van der Waals surface area contributed by atoms with Gasteiger partial charge < -0.3 is 5.11 Å². The van der Waals surface area contributed by atoms with Gasteiger partial charge in [-0.25, -0.2) is 13.2 Å². The lowest BCUT2D eigenvalue weighted by Gasteiger charge is -2.14. The molecule has 0 bridgehead atoms. The predicted octanol–water partition coefficient (Wildman–Crippen LogP) is 1.46. The van der Waals surface area contributed by atoms with Gasteiger partial charge in [0.05, 0.1) is 11.3 Å². The number of carboxylic acid groups (broad SMARTS) is 1. The van der Waals surface area contributed by atoms with Crippen molar-refractivity contribution in [2.45, 2.75) is 18.3 Å². The summed E-state index contributed by atoms with van der Waals surface area (Å²) in [7, 11) is -3.01. The van der Waals surface area contributed by atoms with Crippen LogP contribution in [0.2, 0.25) is 0 Å². The van der Waals surface area contributed by atoms with Gasteiger partial charge in [-0.1, -0.05) is 12.1 Å². The van der Waals surface area contributed by atoms with Crippen molar-refractivity contribution in [3.8, 4) is 0 Å². The second-order valence-electron chi connectivity index (χ2n) is 4.73. The molecule has 0 aliphatic heterocycles. The molecule has 0 spiro atoms. The van der Waals surface area contributed by atoms with Gasteiger partial charge in [0, 0.05) is 11.7 Å². The first-order chi connectivity index (χ1) is 7.82. The molecule has 1 aliphatic rings. The van der Waals surface area contributed by atoms with Crippen molar-refractivity contribution in [1.29, 1.82) is 0 Å². The van der Waals surface area contributed by atoms with Crippen molar-refractivity contribution in [2.24, 2.45) is 0 Å². The quantitative estimate of drug-likeness (QED) is 0.883. The fraction of sp³-hybridized carbons (Fsp3) is 0.417. The average molecular weight is 254 g/mol. The molecule has 92 valence electrons. The van der Waals surface area contributed by atoms with E-state index in [1.165, 1.54) is 18.4 Å². The summed E-state index contributed by atoms with van der Waals surface area (Å²) in [6, 6.07) is 6.50. The minimum absolute atomic E-state index is 0.145. The minimum atomic E-state index is -3.01. The third kappa shape index (κ3) is 2.66. The standard InChI is InChI=1S/C12H14O4S/c1-17(15,16)8-12(6-7-12)10-4-2-9(3-5-10)11(13)14/h2-5H,6-8H2,1H3,(H,13,14). The topological polar surface area (TPSA) is 71.4 Å². The summed E-state index contributed by atoms with van der Waals surface area (Å²) in [6.07, 6.45) is 2.94. The SMILES string of the molecule is CS(=O)(=O)CC1(c2ccc(C(=O)O)cc2)CC1. The molecule has 0 aromatic heterocycles.